The summed E-state index contributed by atoms with van der Waals surface area (Å²) in [6.07, 6.45) is 15.2. The predicted octanol–water partition coefficient (Wildman–Crippen LogP) is 7.91. The van der Waals surface area contributed by atoms with Crippen molar-refractivity contribution in [1.82, 2.24) is 0 Å². The molecule has 31 heavy (non-hydrogen) atoms. The largest absolute Gasteiger partial charge is 0.0654 e. The Morgan fingerprint density at radius 2 is 0.968 bits per heavy atom. The van der Waals surface area contributed by atoms with Crippen LogP contribution in [0.15, 0.2) is 84.9 Å². The number of hydrogen-bond acceptors (Lipinski definition) is 0. The van der Waals surface area contributed by atoms with Gasteiger partial charge < -0.3 is 0 Å². The Hall–Kier alpha value is -1.91. The lowest BCUT2D eigenvalue weighted by Crippen LogP contribution is -2.20. The molecule has 0 saturated carbocycles. The van der Waals surface area contributed by atoms with Crippen LogP contribution < -0.4 is 15.9 Å². The van der Waals surface area contributed by atoms with Crippen LogP contribution in [0.4, 0.5) is 0 Å². The van der Waals surface area contributed by atoms with Crippen molar-refractivity contribution in [2.24, 2.45) is 0 Å². The van der Waals surface area contributed by atoms with Crippen LogP contribution in [0.5, 0.6) is 0 Å². The summed E-state index contributed by atoms with van der Waals surface area (Å²) in [6, 6.07) is 31.4. The summed E-state index contributed by atoms with van der Waals surface area (Å²) in [5.74, 6) is 0. The maximum absolute atomic E-state index is 2.47. The van der Waals surface area contributed by atoms with Crippen LogP contribution in [0.25, 0.3) is 0 Å². The Morgan fingerprint density at radius 3 is 1.52 bits per heavy atom. The van der Waals surface area contributed by atoms with Gasteiger partial charge in [0.15, 0.2) is 0 Å². The minimum atomic E-state index is -0.496. The standard InChI is InChI=1S/C30H39P/c1-2-3-4-5-6-7-8-9-10-13-19-27-20-18-25-30(26-27)31(28-21-14-11-15-22-28)29-23-16-12-17-24-29/h11-12,14-18,20-26H,2-10,13,19H2,1H3. The molecule has 0 saturated heterocycles. The van der Waals surface area contributed by atoms with Crippen LogP contribution in [0, 0.1) is 0 Å². The van der Waals surface area contributed by atoms with Crippen molar-refractivity contribution in [3.05, 3.63) is 90.5 Å². The Kier molecular flexibility index (Phi) is 10.9. The quantitative estimate of drug-likeness (QED) is 0.180. The SMILES string of the molecule is CCCCCCCCCCCCc1cccc(P(c2ccccc2)c2ccccc2)c1. The highest BCUT2D eigenvalue weighted by Gasteiger charge is 2.16. The molecule has 0 N–H and O–H groups in total. The van der Waals surface area contributed by atoms with Crippen molar-refractivity contribution in [3.8, 4) is 0 Å². The summed E-state index contributed by atoms with van der Waals surface area (Å²) in [6.45, 7) is 2.29. The van der Waals surface area contributed by atoms with E-state index in [9.17, 15) is 0 Å². The number of aryl methyl sites for hydroxylation is 1. The van der Waals surface area contributed by atoms with Crippen LogP contribution in [-0.2, 0) is 6.42 Å². The molecule has 0 aromatic heterocycles. The third-order valence-corrected chi connectivity index (χ3v) is 8.44. The van der Waals surface area contributed by atoms with Gasteiger partial charge in [-0.05, 0) is 42.2 Å². The molecule has 1 heteroatoms. The highest BCUT2D eigenvalue weighted by molar-refractivity contribution is 7.79. The number of rotatable bonds is 14. The fourth-order valence-corrected chi connectivity index (χ4v) is 6.63. The first-order valence-corrected chi connectivity index (χ1v) is 13.7. The maximum Gasteiger partial charge on any atom is -0.0134 e. The van der Waals surface area contributed by atoms with Gasteiger partial charge in [-0.25, -0.2) is 0 Å². The van der Waals surface area contributed by atoms with Crippen molar-refractivity contribution in [2.45, 2.75) is 77.6 Å². The molecule has 164 valence electrons. The lowest BCUT2D eigenvalue weighted by Gasteiger charge is -2.20. The molecule has 0 bridgehead atoms. The summed E-state index contributed by atoms with van der Waals surface area (Å²) >= 11 is 0. The van der Waals surface area contributed by atoms with Crippen LogP contribution in [0.2, 0.25) is 0 Å². The molecule has 0 fully saturated rings. The molecule has 0 heterocycles. The van der Waals surface area contributed by atoms with Crippen LogP contribution in [0.3, 0.4) is 0 Å². The van der Waals surface area contributed by atoms with E-state index in [1.54, 1.807) is 0 Å². The fourth-order valence-electron chi connectivity index (χ4n) is 4.27. The molecule has 3 aromatic carbocycles. The lowest BCUT2D eigenvalue weighted by atomic mass is 10.0. The fraction of sp³-hybridized carbons (Fsp3) is 0.400. The molecule has 0 aliphatic rings. The zero-order valence-electron chi connectivity index (χ0n) is 19.3. The number of unbranched alkanes of at least 4 members (excludes halogenated alkanes) is 9. The van der Waals surface area contributed by atoms with Crippen molar-refractivity contribution < 1.29 is 0 Å². The summed E-state index contributed by atoms with van der Waals surface area (Å²) in [5.41, 5.74) is 1.50. The molecular formula is C30H39P. The number of benzene rings is 3. The molecule has 0 aliphatic heterocycles. The molecule has 0 spiro atoms. The van der Waals surface area contributed by atoms with Crippen LogP contribution >= 0.6 is 7.92 Å². The molecule has 0 aliphatic carbocycles. The van der Waals surface area contributed by atoms with E-state index < -0.39 is 7.92 Å². The second-order valence-electron chi connectivity index (χ2n) is 8.61. The summed E-state index contributed by atoms with van der Waals surface area (Å²) in [5, 5.41) is 4.33. The maximum atomic E-state index is 2.47. The molecule has 0 unspecified atom stereocenters. The van der Waals surface area contributed by atoms with Crippen molar-refractivity contribution in [1.29, 1.82) is 0 Å². The van der Waals surface area contributed by atoms with Crippen molar-refractivity contribution >= 4 is 23.8 Å². The summed E-state index contributed by atoms with van der Waals surface area (Å²) in [4.78, 5) is 0. The van der Waals surface area contributed by atoms with Gasteiger partial charge in [0.2, 0.25) is 0 Å². The van der Waals surface area contributed by atoms with Gasteiger partial charge in [0.1, 0.15) is 0 Å². The Morgan fingerprint density at radius 1 is 0.484 bits per heavy atom. The van der Waals surface area contributed by atoms with E-state index in [-0.39, 0.29) is 0 Å². The van der Waals surface area contributed by atoms with Gasteiger partial charge in [-0.3, -0.25) is 0 Å². The number of hydrogen-bond donors (Lipinski definition) is 0. The van der Waals surface area contributed by atoms with E-state index in [1.807, 2.05) is 0 Å². The van der Waals surface area contributed by atoms with E-state index >= 15 is 0 Å². The highest BCUT2D eigenvalue weighted by atomic mass is 31.1. The Balaban J connectivity index is 1.53. The topological polar surface area (TPSA) is 0 Å². The smallest absolute Gasteiger partial charge is 0.0134 e. The molecule has 0 amide bonds. The van der Waals surface area contributed by atoms with Gasteiger partial charge in [0.25, 0.3) is 0 Å². The molecule has 0 atom stereocenters. The lowest BCUT2D eigenvalue weighted by molar-refractivity contribution is 0.556. The highest BCUT2D eigenvalue weighted by Crippen LogP contribution is 2.32. The average Bonchev–Trinajstić information content (AvgIpc) is 2.82. The Bertz CT molecular complexity index is 801. The third-order valence-electron chi connectivity index (χ3n) is 6.02. The van der Waals surface area contributed by atoms with E-state index in [4.69, 9.17) is 0 Å². The van der Waals surface area contributed by atoms with E-state index in [1.165, 1.54) is 92.1 Å². The first-order chi connectivity index (χ1) is 15.4. The minimum Gasteiger partial charge on any atom is -0.0654 e. The predicted molar refractivity (Wildman–Crippen MR) is 141 cm³/mol. The monoisotopic (exact) mass is 430 g/mol. The molecule has 0 nitrogen and oxygen atoms in total. The van der Waals surface area contributed by atoms with Gasteiger partial charge in [-0.2, -0.15) is 0 Å². The second-order valence-corrected chi connectivity index (χ2v) is 10.8. The summed E-state index contributed by atoms with van der Waals surface area (Å²) < 4.78 is 0. The molecule has 3 rings (SSSR count). The summed E-state index contributed by atoms with van der Waals surface area (Å²) in [7, 11) is -0.496. The van der Waals surface area contributed by atoms with Crippen molar-refractivity contribution in [3.63, 3.8) is 0 Å². The van der Waals surface area contributed by atoms with Gasteiger partial charge in [-0.1, -0.05) is 150 Å². The second kappa shape index (κ2) is 14.2. The third kappa shape index (κ3) is 8.27. The average molecular weight is 431 g/mol. The normalized spacial score (nSPS) is 11.2. The van der Waals surface area contributed by atoms with Gasteiger partial charge in [-0.15, -0.1) is 0 Å². The zero-order valence-corrected chi connectivity index (χ0v) is 20.2. The minimum absolute atomic E-state index is 0.496. The van der Waals surface area contributed by atoms with E-state index in [0.717, 1.165) is 0 Å². The first kappa shape index (κ1) is 23.7. The molecule has 0 radical (unpaired) electrons. The zero-order chi connectivity index (χ0) is 21.6. The van der Waals surface area contributed by atoms with Crippen molar-refractivity contribution in [2.75, 3.05) is 0 Å². The van der Waals surface area contributed by atoms with Gasteiger partial charge >= 0.3 is 0 Å². The van der Waals surface area contributed by atoms with E-state index in [2.05, 4.69) is 91.9 Å². The van der Waals surface area contributed by atoms with E-state index in [0.29, 0.717) is 0 Å². The molecular weight excluding hydrogens is 391 g/mol. The van der Waals surface area contributed by atoms with Gasteiger partial charge in [0, 0.05) is 0 Å². The Labute approximate surface area is 191 Å². The van der Waals surface area contributed by atoms with Crippen LogP contribution in [-0.4, -0.2) is 0 Å². The van der Waals surface area contributed by atoms with Gasteiger partial charge in [0.05, 0.1) is 0 Å². The van der Waals surface area contributed by atoms with Crippen LogP contribution in [0.1, 0.15) is 76.7 Å². The first-order valence-electron chi connectivity index (χ1n) is 12.4. The molecule has 3 aromatic rings.